The highest BCUT2D eigenvalue weighted by Crippen LogP contribution is 2.29. The quantitative estimate of drug-likeness (QED) is 0.830. The first-order chi connectivity index (χ1) is 13.1. The van der Waals surface area contributed by atoms with Gasteiger partial charge in [0.15, 0.2) is 0 Å². The van der Waals surface area contributed by atoms with Gasteiger partial charge in [0.1, 0.15) is 17.2 Å². The second-order valence-corrected chi connectivity index (χ2v) is 6.18. The molecular formula is C19H25N5O3. The van der Waals surface area contributed by atoms with E-state index in [2.05, 4.69) is 32.0 Å². The first-order valence-corrected chi connectivity index (χ1v) is 8.98. The van der Waals surface area contributed by atoms with E-state index >= 15 is 0 Å². The molecule has 2 aromatic rings. The minimum Gasteiger partial charge on any atom is -0.497 e. The van der Waals surface area contributed by atoms with Gasteiger partial charge in [0.2, 0.25) is 5.95 Å². The lowest BCUT2D eigenvalue weighted by atomic mass is 10.2. The van der Waals surface area contributed by atoms with Crippen LogP contribution in [0.5, 0.6) is 11.5 Å². The lowest BCUT2D eigenvalue weighted by Crippen LogP contribution is -2.46. The van der Waals surface area contributed by atoms with Crippen molar-refractivity contribution < 1.29 is 14.3 Å². The number of piperazine rings is 1. The summed E-state index contributed by atoms with van der Waals surface area (Å²) in [5, 5.41) is 2.84. The van der Waals surface area contributed by atoms with Crippen molar-refractivity contribution in [2.75, 3.05) is 57.2 Å². The van der Waals surface area contributed by atoms with Crippen LogP contribution in [0.4, 0.5) is 11.6 Å². The smallest absolute Gasteiger partial charge is 0.274 e. The van der Waals surface area contributed by atoms with E-state index in [9.17, 15) is 4.79 Å². The van der Waals surface area contributed by atoms with Crippen molar-refractivity contribution >= 4 is 17.5 Å². The van der Waals surface area contributed by atoms with E-state index in [-0.39, 0.29) is 5.91 Å². The number of carbonyl (C=O) groups excluding carboxylic acids is 1. The molecule has 1 aromatic heterocycles. The Kier molecular flexibility index (Phi) is 6.08. The van der Waals surface area contributed by atoms with E-state index in [0.717, 1.165) is 32.7 Å². The average Bonchev–Trinajstić information content (AvgIpc) is 2.74. The fourth-order valence-electron chi connectivity index (χ4n) is 2.98. The monoisotopic (exact) mass is 371 g/mol. The molecular weight excluding hydrogens is 346 g/mol. The molecule has 0 atom stereocenters. The van der Waals surface area contributed by atoms with Crippen LogP contribution in [-0.4, -0.2) is 67.7 Å². The standard InChI is InChI=1S/C19H25N5O3/c1-4-23-9-11-24(12-10-23)19-20-8-7-16(22-19)18(25)21-15-6-5-14(26-2)13-17(15)27-3/h5-8,13H,4,9-12H2,1-3H3,(H,21,25). The number of rotatable bonds is 6. The lowest BCUT2D eigenvalue weighted by Gasteiger charge is -2.34. The van der Waals surface area contributed by atoms with Gasteiger partial charge < -0.3 is 24.6 Å². The molecule has 0 spiro atoms. The van der Waals surface area contributed by atoms with Crippen molar-refractivity contribution in [2.24, 2.45) is 0 Å². The summed E-state index contributed by atoms with van der Waals surface area (Å²) in [6.07, 6.45) is 1.62. The summed E-state index contributed by atoms with van der Waals surface area (Å²) in [6, 6.07) is 6.82. The molecule has 8 heteroatoms. The summed E-state index contributed by atoms with van der Waals surface area (Å²) in [7, 11) is 3.12. The fraction of sp³-hybridized carbons (Fsp3) is 0.421. The van der Waals surface area contributed by atoms with Gasteiger partial charge in [-0.1, -0.05) is 6.92 Å². The molecule has 1 fully saturated rings. The maximum atomic E-state index is 12.7. The highest BCUT2D eigenvalue weighted by atomic mass is 16.5. The van der Waals surface area contributed by atoms with Gasteiger partial charge in [0.05, 0.1) is 19.9 Å². The second kappa shape index (κ2) is 8.68. The van der Waals surface area contributed by atoms with E-state index < -0.39 is 0 Å². The molecule has 0 saturated carbocycles. The number of methoxy groups -OCH3 is 2. The number of ether oxygens (including phenoxy) is 2. The molecule has 8 nitrogen and oxygen atoms in total. The van der Waals surface area contributed by atoms with Gasteiger partial charge in [0, 0.05) is 38.4 Å². The maximum Gasteiger partial charge on any atom is 0.274 e. The molecule has 1 amide bonds. The zero-order valence-corrected chi connectivity index (χ0v) is 15.9. The Hall–Kier alpha value is -2.87. The summed E-state index contributed by atoms with van der Waals surface area (Å²) in [5.41, 5.74) is 0.871. The lowest BCUT2D eigenvalue weighted by molar-refractivity contribution is 0.102. The second-order valence-electron chi connectivity index (χ2n) is 6.18. The first kappa shape index (κ1) is 18.9. The zero-order valence-electron chi connectivity index (χ0n) is 15.9. The molecule has 1 aliphatic rings. The number of hydrogen-bond acceptors (Lipinski definition) is 7. The van der Waals surface area contributed by atoms with Gasteiger partial charge in [-0.25, -0.2) is 9.97 Å². The molecule has 3 rings (SSSR count). The molecule has 1 aromatic carbocycles. The third-order valence-corrected chi connectivity index (χ3v) is 4.63. The van der Waals surface area contributed by atoms with Crippen molar-refractivity contribution in [2.45, 2.75) is 6.92 Å². The summed E-state index contributed by atoms with van der Waals surface area (Å²) in [5.74, 6) is 1.45. The predicted octanol–water partition coefficient (Wildman–Crippen LogP) is 1.89. The van der Waals surface area contributed by atoms with Crippen LogP contribution in [-0.2, 0) is 0 Å². The van der Waals surface area contributed by atoms with Gasteiger partial charge in [-0.3, -0.25) is 4.79 Å². The Labute approximate surface area is 159 Å². The number of amides is 1. The normalized spacial score (nSPS) is 14.7. The molecule has 27 heavy (non-hydrogen) atoms. The fourth-order valence-corrected chi connectivity index (χ4v) is 2.98. The van der Waals surface area contributed by atoms with Gasteiger partial charge in [-0.05, 0) is 24.7 Å². The number of nitrogens with one attached hydrogen (secondary N) is 1. The number of benzene rings is 1. The number of anilines is 2. The zero-order chi connectivity index (χ0) is 19.2. The largest absolute Gasteiger partial charge is 0.497 e. The Balaban J connectivity index is 1.72. The molecule has 0 radical (unpaired) electrons. The Bertz CT molecular complexity index is 791. The van der Waals surface area contributed by atoms with Crippen molar-refractivity contribution in [3.63, 3.8) is 0 Å². The third kappa shape index (κ3) is 4.46. The average molecular weight is 371 g/mol. The van der Waals surface area contributed by atoms with Crippen molar-refractivity contribution in [1.29, 1.82) is 0 Å². The highest BCUT2D eigenvalue weighted by molar-refractivity contribution is 6.03. The summed E-state index contributed by atoms with van der Waals surface area (Å²) < 4.78 is 10.5. The van der Waals surface area contributed by atoms with Crippen LogP contribution in [0.1, 0.15) is 17.4 Å². The highest BCUT2D eigenvalue weighted by Gasteiger charge is 2.19. The maximum absolute atomic E-state index is 12.7. The van der Waals surface area contributed by atoms with Crippen LogP contribution < -0.4 is 19.7 Å². The molecule has 1 aliphatic heterocycles. The van der Waals surface area contributed by atoms with Crippen LogP contribution in [0.25, 0.3) is 0 Å². The van der Waals surface area contributed by atoms with E-state index in [1.165, 1.54) is 0 Å². The molecule has 1 saturated heterocycles. The molecule has 144 valence electrons. The van der Waals surface area contributed by atoms with E-state index in [4.69, 9.17) is 9.47 Å². The van der Waals surface area contributed by atoms with E-state index in [1.54, 1.807) is 44.7 Å². The van der Waals surface area contributed by atoms with E-state index in [1.807, 2.05) is 0 Å². The van der Waals surface area contributed by atoms with Crippen LogP contribution in [0.2, 0.25) is 0 Å². The number of carbonyl (C=O) groups is 1. The van der Waals surface area contributed by atoms with Gasteiger partial charge in [-0.15, -0.1) is 0 Å². The SMILES string of the molecule is CCN1CCN(c2nccc(C(=O)Nc3ccc(OC)cc3OC)n2)CC1. The van der Waals surface area contributed by atoms with E-state index in [0.29, 0.717) is 28.8 Å². The molecule has 0 aliphatic carbocycles. The topological polar surface area (TPSA) is 79.8 Å². The molecule has 0 unspecified atom stereocenters. The number of aromatic nitrogens is 2. The Morgan fingerprint density at radius 3 is 2.59 bits per heavy atom. The van der Waals surface area contributed by atoms with Gasteiger partial charge >= 0.3 is 0 Å². The number of nitrogens with zero attached hydrogens (tertiary/aromatic N) is 4. The number of hydrogen-bond donors (Lipinski definition) is 1. The molecule has 0 bridgehead atoms. The summed E-state index contributed by atoms with van der Waals surface area (Å²) in [6.45, 7) is 6.85. The first-order valence-electron chi connectivity index (χ1n) is 8.98. The van der Waals surface area contributed by atoms with Crippen LogP contribution in [0.3, 0.4) is 0 Å². The van der Waals surface area contributed by atoms with Crippen molar-refractivity contribution in [3.8, 4) is 11.5 Å². The number of likely N-dealkylation sites (N-methyl/N-ethyl adjacent to an activating group) is 1. The van der Waals surface area contributed by atoms with Crippen LogP contribution in [0.15, 0.2) is 30.5 Å². The predicted molar refractivity (Wildman–Crippen MR) is 104 cm³/mol. The van der Waals surface area contributed by atoms with Crippen molar-refractivity contribution in [1.82, 2.24) is 14.9 Å². The minimum absolute atomic E-state index is 0.311. The Morgan fingerprint density at radius 2 is 1.93 bits per heavy atom. The summed E-state index contributed by atoms with van der Waals surface area (Å²) in [4.78, 5) is 25.9. The van der Waals surface area contributed by atoms with Crippen LogP contribution >= 0.6 is 0 Å². The Morgan fingerprint density at radius 1 is 1.15 bits per heavy atom. The molecule has 1 N–H and O–H groups in total. The van der Waals surface area contributed by atoms with Crippen molar-refractivity contribution in [3.05, 3.63) is 36.2 Å². The van der Waals surface area contributed by atoms with Gasteiger partial charge in [0.25, 0.3) is 5.91 Å². The minimum atomic E-state index is -0.311. The van der Waals surface area contributed by atoms with Crippen LogP contribution in [0, 0.1) is 0 Å². The molecule has 2 heterocycles. The summed E-state index contributed by atoms with van der Waals surface area (Å²) >= 11 is 0. The van der Waals surface area contributed by atoms with Gasteiger partial charge in [-0.2, -0.15) is 0 Å². The third-order valence-electron chi connectivity index (χ3n) is 4.63.